The number of rotatable bonds is 3. The van der Waals surface area contributed by atoms with Crippen LogP contribution in [-0.4, -0.2) is 25.5 Å². The van der Waals surface area contributed by atoms with E-state index in [1.54, 1.807) is 30.5 Å². The summed E-state index contributed by atoms with van der Waals surface area (Å²) in [5.74, 6) is -0.564. The molecule has 0 spiro atoms. The van der Waals surface area contributed by atoms with Crippen molar-refractivity contribution in [2.45, 2.75) is 31.1 Å². The second-order valence-corrected chi connectivity index (χ2v) is 7.68. The van der Waals surface area contributed by atoms with E-state index < -0.39 is 10.0 Å². The van der Waals surface area contributed by atoms with Crippen LogP contribution >= 0.6 is 0 Å². The van der Waals surface area contributed by atoms with Gasteiger partial charge in [-0.3, -0.25) is 4.79 Å². The predicted octanol–water partition coefficient (Wildman–Crippen LogP) is 2.31. The van der Waals surface area contributed by atoms with Crippen LogP contribution in [0.15, 0.2) is 41.4 Å². The Morgan fingerprint density at radius 3 is 2.57 bits per heavy atom. The number of carbonyl (C=O) groups excluding carboxylic acids is 1. The van der Waals surface area contributed by atoms with Gasteiger partial charge in [-0.2, -0.15) is 0 Å². The zero-order valence-electron chi connectivity index (χ0n) is 13.2. The number of hydrogen-bond acceptors (Lipinski definition) is 4. The minimum atomic E-state index is -3.65. The van der Waals surface area contributed by atoms with Gasteiger partial charge < -0.3 is 4.74 Å². The maximum atomic E-state index is 12.9. The minimum Gasteiger partial charge on any atom is -0.469 e. The molecule has 0 radical (unpaired) electrons. The van der Waals surface area contributed by atoms with E-state index in [0.29, 0.717) is 25.0 Å². The Bertz CT molecular complexity index is 834. The van der Waals surface area contributed by atoms with Crippen molar-refractivity contribution in [1.82, 2.24) is 3.97 Å². The number of fused-ring (bicyclic) bond motifs is 1. The first-order chi connectivity index (χ1) is 10.9. The molecule has 0 bridgehead atoms. The molecule has 6 heteroatoms. The molecule has 122 valence electrons. The van der Waals surface area contributed by atoms with Gasteiger partial charge in [-0.15, -0.1) is 0 Å². The van der Waals surface area contributed by atoms with E-state index >= 15 is 0 Å². The van der Waals surface area contributed by atoms with Crippen LogP contribution < -0.4 is 0 Å². The van der Waals surface area contributed by atoms with Gasteiger partial charge in [-0.05, 0) is 43.5 Å². The first-order valence-electron chi connectivity index (χ1n) is 7.52. The topological polar surface area (TPSA) is 65.4 Å². The summed E-state index contributed by atoms with van der Waals surface area (Å²) < 4.78 is 31.9. The number of esters is 1. The van der Waals surface area contributed by atoms with Crippen LogP contribution in [0.25, 0.3) is 0 Å². The average Bonchev–Trinajstić information content (AvgIpc) is 2.98. The Kier molecular flexibility index (Phi) is 4.02. The fourth-order valence-corrected chi connectivity index (χ4v) is 4.43. The third-order valence-electron chi connectivity index (χ3n) is 4.36. The Morgan fingerprint density at radius 1 is 1.22 bits per heavy atom. The van der Waals surface area contributed by atoms with Crippen molar-refractivity contribution < 1.29 is 17.9 Å². The van der Waals surface area contributed by atoms with Crippen LogP contribution in [-0.2, 0) is 32.4 Å². The molecule has 5 nitrogen and oxygen atoms in total. The summed E-state index contributed by atoms with van der Waals surface area (Å²) >= 11 is 0. The zero-order valence-corrected chi connectivity index (χ0v) is 14.0. The molecule has 3 rings (SSSR count). The number of hydrogen-bond donors (Lipinski definition) is 0. The van der Waals surface area contributed by atoms with Crippen molar-refractivity contribution in [3.8, 4) is 0 Å². The van der Waals surface area contributed by atoms with Crippen LogP contribution in [0.1, 0.15) is 23.2 Å². The first-order valence-corrected chi connectivity index (χ1v) is 8.96. The number of carbonyl (C=O) groups is 1. The highest BCUT2D eigenvalue weighted by Gasteiger charge is 2.30. The van der Waals surface area contributed by atoms with Crippen molar-refractivity contribution >= 4 is 16.0 Å². The van der Waals surface area contributed by atoms with Crippen LogP contribution in [0, 0.1) is 12.8 Å². The van der Waals surface area contributed by atoms with E-state index in [2.05, 4.69) is 0 Å². The van der Waals surface area contributed by atoms with Gasteiger partial charge in [-0.1, -0.05) is 17.7 Å². The maximum Gasteiger partial charge on any atom is 0.309 e. The largest absolute Gasteiger partial charge is 0.469 e. The van der Waals surface area contributed by atoms with Crippen LogP contribution in [0.4, 0.5) is 0 Å². The van der Waals surface area contributed by atoms with Gasteiger partial charge in [0, 0.05) is 18.3 Å². The molecular weight excluding hydrogens is 314 g/mol. The summed E-state index contributed by atoms with van der Waals surface area (Å²) in [6, 6.07) is 8.60. The average molecular weight is 333 g/mol. The molecule has 0 saturated carbocycles. The molecular formula is C17H19NO4S. The summed E-state index contributed by atoms with van der Waals surface area (Å²) in [5, 5.41) is 0. The molecule has 1 atom stereocenters. The lowest BCUT2D eigenvalue weighted by Gasteiger charge is -2.22. The zero-order chi connectivity index (χ0) is 16.6. The van der Waals surface area contributed by atoms with Crippen LogP contribution in [0.3, 0.4) is 0 Å². The normalized spacial score (nSPS) is 17.6. The van der Waals surface area contributed by atoms with Gasteiger partial charge in [0.1, 0.15) is 0 Å². The summed E-state index contributed by atoms with van der Waals surface area (Å²) in [7, 11) is -2.28. The predicted molar refractivity (Wildman–Crippen MR) is 85.7 cm³/mol. The molecule has 23 heavy (non-hydrogen) atoms. The second kappa shape index (κ2) is 5.85. The van der Waals surface area contributed by atoms with Crippen LogP contribution in [0.2, 0.25) is 0 Å². The molecule has 1 aromatic heterocycles. The Morgan fingerprint density at radius 2 is 1.91 bits per heavy atom. The Hall–Kier alpha value is -2.08. The molecule has 0 fully saturated rings. The van der Waals surface area contributed by atoms with Gasteiger partial charge in [0.05, 0.1) is 17.9 Å². The lowest BCUT2D eigenvalue weighted by molar-refractivity contribution is -0.145. The lowest BCUT2D eigenvalue weighted by atomic mass is 9.88. The van der Waals surface area contributed by atoms with Crippen molar-refractivity contribution in [1.29, 1.82) is 0 Å². The van der Waals surface area contributed by atoms with E-state index in [0.717, 1.165) is 11.1 Å². The number of benzene rings is 1. The number of methoxy groups -OCH3 is 1. The molecule has 0 N–H and O–H groups in total. The highest BCUT2D eigenvalue weighted by molar-refractivity contribution is 7.90. The Balaban J connectivity index is 2.01. The standard InChI is InChI=1S/C17H19NO4S/c1-12-3-7-15(8-4-12)23(20,21)18-10-9-13-5-6-14(11-16(13)18)17(19)22-2/h3-4,7-10,14H,5-6,11H2,1-2H3. The van der Waals surface area contributed by atoms with Crippen LogP contribution in [0.5, 0.6) is 0 Å². The van der Waals surface area contributed by atoms with E-state index in [-0.39, 0.29) is 16.8 Å². The fourth-order valence-electron chi connectivity index (χ4n) is 3.02. The molecule has 1 heterocycles. The second-order valence-electron chi connectivity index (χ2n) is 5.86. The maximum absolute atomic E-state index is 12.9. The van der Waals surface area contributed by atoms with Gasteiger partial charge in [0.2, 0.25) is 0 Å². The number of ether oxygens (including phenoxy) is 1. The molecule has 1 unspecified atom stereocenters. The van der Waals surface area contributed by atoms with E-state index in [4.69, 9.17) is 4.74 Å². The minimum absolute atomic E-state index is 0.252. The van der Waals surface area contributed by atoms with Gasteiger partial charge in [0.15, 0.2) is 0 Å². The molecule has 1 aliphatic carbocycles. The number of aromatic nitrogens is 1. The molecule has 0 amide bonds. The molecule has 1 aliphatic rings. The highest BCUT2D eigenvalue weighted by Crippen LogP contribution is 2.29. The molecule has 0 aliphatic heterocycles. The molecule has 0 saturated heterocycles. The first kappa shape index (κ1) is 15.8. The van der Waals surface area contributed by atoms with Gasteiger partial charge in [-0.25, -0.2) is 12.4 Å². The van der Waals surface area contributed by atoms with Gasteiger partial charge >= 0.3 is 5.97 Å². The van der Waals surface area contributed by atoms with Gasteiger partial charge in [0.25, 0.3) is 10.0 Å². The lowest BCUT2D eigenvalue weighted by Crippen LogP contribution is -2.26. The summed E-state index contributed by atoms with van der Waals surface area (Å²) in [6.45, 7) is 1.91. The summed E-state index contributed by atoms with van der Waals surface area (Å²) in [4.78, 5) is 12.0. The highest BCUT2D eigenvalue weighted by atomic mass is 32.2. The van der Waals surface area contributed by atoms with E-state index in [1.807, 2.05) is 13.0 Å². The fraction of sp³-hybridized carbons (Fsp3) is 0.353. The third kappa shape index (κ3) is 2.79. The van der Waals surface area contributed by atoms with Crippen molar-refractivity contribution in [2.24, 2.45) is 5.92 Å². The quantitative estimate of drug-likeness (QED) is 0.809. The molecule has 1 aromatic carbocycles. The monoisotopic (exact) mass is 333 g/mol. The molecule has 2 aromatic rings. The van der Waals surface area contributed by atoms with Crippen molar-refractivity contribution in [2.75, 3.05) is 7.11 Å². The van der Waals surface area contributed by atoms with E-state index in [9.17, 15) is 13.2 Å². The summed E-state index contributed by atoms with van der Waals surface area (Å²) in [6.07, 6.45) is 3.35. The summed E-state index contributed by atoms with van der Waals surface area (Å²) in [5.41, 5.74) is 2.68. The Labute approximate surface area is 135 Å². The number of aryl methyl sites for hydroxylation is 2. The number of nitrogens with zero attached hydrogens (tertiary/aromatic N) is 1. The SMILES string of the molecule is COC(=O)C1CCc2ccn(S(=O)(=O)c3ccc(C)cc3)c2C1. The van der Waals surface area contributed by atoms with Crippen molar-refractivity contribution in [3.05, 3.63) is 53.3 Å². The third-order valence-corrected chi connectivity index (χ3v) is 6.09. The van der Waals surface area contributed by atoms with E-state index in [1.165, 1.54) is 11.1 Å². The van der Waals surface area contributed by atoms with Crippen molar-refractivity contribution in [3.63, 3.8) is 0 Å². The smallest absolute Gasteiger partial charge is 0.309 e.